The highest BCUT2D eigenvalue weighted by Gasteiger charge is 2.10. The minimum atomic E-state index is 0.566. The molecule has 2 aromatic carbocycles. The van der Waals surface area contributed by atoms with Gasteiger partial charge in [0.1, 0.15) is 12.1 Å². The fourth-order valence-corrected chi connectivity index (χ4v) is 2.88. The van der Waals surface area contributed by atoms with Crippen molar-refractivity contribution in [2.75, 3.05) is 24.3 Å². The maximum Gasteiger partial charge on any atom is 0.254 e. The SMILES string of the molecule is Cc1cccc(-c2cc(Nc3ccc(N(C)C)cc3)nc3ncnn23)c1. The molecule has 1 N–H and O–H groups in total. The lowest BCUT2D eigenvalue weighted by molar-refractivity contribution is 0.949. The van der Waals surface area contributed by atoms with Crippen LogP contribution in [0.2, 0.25) is 0 Å². The number of hydrogen-bond donors (Lipinski definition) is 1. The number of benzene rings is 2. The van der Waals surface area contributed by atoms with E-state index in [0.29, 0.717) is 5.78 Å². The van der Waals surface area contributed by atoms with Crippen LogP contribution in [0, 0.1) is 6.92 Å². The molecule has 0 aliphatic heterocycles. The van der Waals surface area contributed by atoms with E-state index < -0.39 is 0 Å². The molecule has 26 heavy (non-hydrogen) atoms. The monoisotopic (exact) mass is 344 g/mol. The Labute approximate surface area is 152 Å². The average Bonchev–Trinajstić information content (AvgIpc) is 3.10. The molecule has 0 atom stereocenters. The van der Waals surface area contributed by atoms with Crippen LogP contribution >= 0.6 is 0 Å². The lowest BCUT2D eigenvalue weighted by atomic mass is 10.1. The first-order valence-electron chi connectivity index (χ1n) is 8.42. The lowest BCUT2D eigenvalue weighted by Gasteiger charge is -2.14. The van der Waals surface area contributed by atoms with Crippen molar-refractivity contribution in [3.05, 3.63) is 66.5 Å². The van der Waals surface area contributed by atoms with Crippen LogP contribution in [0.1, 0.15) is 5.56 Å². The molecule has 0 spiro atoms. The van der Waals surface area contributed by atoms with Crippen molar-refractivity contribution in [1.82, 2.24) is 19.6 Å². The minimum absolute atomic E-state index is 0.566. The molecule has 0 saturated carbocycles. The van der Waals surface area contributed by atoms with Crippen LogP contribution in [0.4, 0.5) is 17.2 Å². The first kappa shape index (κ1) is 16.1. The van der Waals surface area contributed by atoms with Crippen molar-refractivity contribution < 1.29 is 0 Å². The van der Waals surface area contributed by atoms with Gasteiger partial charge in [0.2, 0.25) is 0 Å². The van der Waals surface area contributed by atoms with Gasteiger partial charge in [-0.2, -0.15) is 19.6 Å². The Morgan fingerprint density at radius 1 is 1.00 bits per heavy atom. The Hall–Kier alpha value is -3.41. The van der Waals surface area contributed by atoms with E-state index in [0.717, 1.165) is 28.5 Å². The molecule has 4 aromatic rings. The molecule has 0 aliphatic rings. The second kappa shape index (κ2) is 6.48. The smallest absolute Gasteiger partial charge is 0.254 e. The average molecular weight is 344 g/mol. The molecular weight excluding hydrogens is 324 g/mol. The molecule has 0 amide bonds. The summed E-state index contributed by atoms with van der Waals surface area (Å²) in [6.07, 6.45) is 1.53. The van der Waals surface area contributed by atoms with Gasteiger partial charge in [0.15, 0.2) is 0 Å². The number of nitrogens with zero attached hydrogens (tertiary/aromatic N) is 5. The highest BCUT2D eigenvalue weighted by Crippen LogP contribution is 2.25. The van der Waals surface area contributed by atoms with E-state index in [-0.39, 0.29) is 0 Å². The molecule has 0 radical (unpaired) electrons. The first-order chi connectivity index (χ1) is 12.6. The number of anilines is 3. The van der Waals surface area contributed by atoms with Gasteiger partial charge in [0, 0.05) is 37.1 Å². The molecule has 0 saturated heterocycles. The van der Waals surface area contributed by atoms with E-state index in [1.807, 2.05) is 38.4 Å². The molecule has 6 heteroatoms. The topological polar surface area (TPSA) is 58.3 Å². The molecule has 0 unspecified atom stereocenters. The van der Waals surface area contributed by atoms with Crippen LogP contribution < -0.4 is 10.2 Å². The van der Waals surface area contributed by atoms with E-state index >= 15 is 0 Å². The Balaban J connectivity index is 1.74. The van der Waals surface area contributed by atoms with Crippen LogP contribution in [-0.2, 0) is 0 Å². The number of hydrogen-bond acceptors (Lipinski definition) is 5. The summed E-state index contributed by atoms with van der Waals surface area (Å²) in [6.45, 7) is 2.08. The Bertz CT molecular complexity index is 1050. The zero-order valence-corrected chi connectivity index (χ0v) is 15.0. The van der Waals surface area contributed by atoms with Crippen molar-refractivity contribution in [2.24, 2.45) is 0 Å². The Morgan fingerprint density at radius 3 is 2.54 bits per heavy atom. The Morgan fingerprint density at radius 2 is 1.81 bits per heavy atom. The van der Waals surface area contributed by atoms with Gasteiger partial charge in [-0.05, 0) is 37.3 Å². The molecule has 4 rings (SSSR count). The van der Waals surface area contributed by atoms with E-state index in [4.69, 9.17) is 0 Å². The van der Waals surface area contributed by atoms with Crippen molar-refractivity contribution in [1.29, 1.82) is 0 Å². The third kappa shape index (κ3) is 3.09. The molecule has 2 heterocycles. The van der Waals surface area contributed by atoms with E-state index in [2.05, 4.69) is 62.5 Å². The van der Waals surface area contributed by atoms with Crippen LogP contribution in [0.15, 0.2) is 60.9 Å². The van der Waals surface area contributed by atoms with Crippen LogP contribution in [0.5, 0.6) is 0 Å². The second-order valence-corrected chi connectivity index (χ2v) is 6.43. The van der Waals surface area contributed by atoms with Gasteiger partial charge >= 0.3 is 0 Å². The molecular formula is C20H20N6. The summed E-state index contributed by atoms with van der Waals surface area (Å²) >= 11 is 0. The quantitative estimate of drug-likeness (QED) is 0.608. The molecule has 0 aliphatic carbocycles. The highest BCUT2D eigenvalue weighted by atomic mass is 15.3. The number of nitrogens with one attached hydrogen (secondary N) is 1. The minimum Gasteiger partial charge on any atom is -0.378 e. The normalized spacial score (nSPS) is 10.9. The van der Waals surface area contributed by atoms with Crippen LogP contribution in [0.3, 0.4) is 0 Å². The summed E-state index contributed by atoms with van der Waals surface area (Å²) in [5.74, 6) is 1.30. The summed E-state index contributed by atoms with van der Waals surface area (Å²) in [5.41, 5.74) is 5.35. The fourth-order valence-electron chi connectivity index (χ4n) is 2.88. The number of fused-ring (bicyclic) bond motifs is 1. The van der Waals surface area contributed by atoms with Gasteiger partial charge in [-0.1, -0.05) is 23.8 Å². The summed E-state index contributed by atoms with van der Waals surface area (Å²) in [7, 11) is 4.05. The van der Waals surface area contributed by atoms with E-state index in [9.17, 15) is 0 Å². The van der Waals surface area contributed by atoms with E-state index in [1.165, 1.54) is 11.9 Å². The summed E-state index contributed by atoms with van der Waals surface area (Å²) < 4.78 is 1.76. The van der Waals surface area contributed by atoms with Crippen molar-refractivity contribution in [3.8, 4) is 11.3 Å². The lowest BCUT2D eigenvalue weighted by Crippen LogP contribution is -2.08. The third-order valence-corrected chi connectivity index (χ3v) is 4.22. The number of rotatable bonds is 4. The van der Waals surface area contributed by atoms with Crippen LogP contribution in [0.25, 0.3) is 17.0 Å². The number of aromatic nitrogens is 4. The molecule has 6 nitrogen and oxygen atoms in total. The van der Waals surface area contributed by atoms with Gasteiger partial charge < -0.3 is 10.2 Å². The second-order valence-electron chi connectivity index (χ2n) is 6.43. The predicted octanol–water partition coefficient (Wildman–Crippen LogP) is 3.91. The molecule has 0 bridgehead atoms. The van der Waals surface area contributed by atoms with Crippen molar-refractivity contribution >= 4 is 23.0 Å². The number of aryl methyl sites for hydroxylation is 1. The van der Waals surface area contributed by atoms with Gasteiger partial charge in [-0.25, -0.2) is 0 Å². The first-order valence-corrected chi connectivity index (χ1v) is 8.42. The Kier molecular flexibility index (Phi) is 4.01. The third-order valence-electron chi connectivity index (χ3n) is 4.22. The van der Waals surface area contributed by atoms with E-state index in [1.54, 1.807) is 4.52 Å². The summed E-state index contributed by atoms with van der Waals surface area (Å²) in [6, 6.07) is 18.5. The highest BCUT2D eigenvalue weighted by molar-refractivity contribution is 5.69. The summed E-state index contributed by atoms with van der Waals surface area (Å²) in [5, 5.41) is 7.68. The van der Waals surface area contributed by atoms with Gasteiger partial charge in [0.05, 0.1) is 5.69 Å². The standard InChI is InChI=1S/C20H20N6/c1-14-5-4-6-15(11-14)18-12-19(24-20-21-13-22-26(18)20)23-16-7-9-17(10-8-16)25(2)3/h4-13H,1-3H3,(H,21,22,23,24). The maximum atomic E-state index is 4.56. The maximum absolute atomic E-state index is 4.56. The zero-order valence-electron chi connectivity index (χ0n) is 15.0. The molecule has 0 fully saturated rings. The predicted molar refractivity (Wildman–Crippen MR) is 105 cm³/mol. The van der Waals surface area contributed by atoms with Crippen molar-refractivity contribution in [2.45, 2.75) is 6.92 Å². The fraction of sp³-hybridized carbons (Fsp3) is 0.150. The van der Waals surface area contributed by atoms with Gasteiger partial charge in [-0.3, -0.25) is 0 Å². The molecule has 130 valence electrons. The van der Waals surface area contributed by atoms with Crippen LogP contribution in [-0.4, -0.2) is 33.7 Å². The largest absolute Gasteiger partial charge is 0.378 e. The van der Waals surface area contributed by atoms with Gasteiger partial charge in [0.25, 0.3) is 5.78 Å². The zero-order chi connectivity index (χ0) is 18.1. The summed E-state index contributed by atoms with van der Waals surface area (Å²) in [4.78, 5) is 10.9. The van der Waals surface area contributed by atoms with Crippen molar-refractivity contribution in [3.63, 3.8) is 0 Å². The molecule has 2 aromatic heterocycles. The van der Waals surface area contributed by atoms with Gasteiger partial charge in [-0.15, -0.1) is 0 Å².